The van der Waals surface area contributed by atoms with Crippen LogP contribution in [0.4, 0.5) is 13.2 Å². The third kappa shape index (κ3) is 6.46. The van der Waals surface area contributed by atoms with E-state index < -0.39 is 17.6 Å². The van der Waals surface area contributed by atoms with Crippen LogP contribution in [0, 0.1) is 6.92 Å². The fourth-order valence-corrected chi connectivity index (χ4v) is 6.56. The van der Waals surface area contributed by atoms with E-state index in [1.165, 1.54) is 9.91 Å². The van der Waals surface area contributed by atoms with Crippen molar-refractivity contribution < 1.29 is 27.5 Å². The van der Waals surface area contributed by atoms with E-state index in [2.05, 4.69) is 4.90 Å². The maximum atomic E-state index is 13.8. The van der Waals surface area contributed by atoms with Crippen LogP contribution >= 0.6 is 22.7 Å². The standard InChI is InChI=1S/C28H29F3N4O3S2/c1-19-8-16-40-26(19)23-17-22(24-3-2-15-39-24)32-35(23)25(36)18-34(10-9-33-11-13-38-14-12-33)27(37)20-4-6-21(7-5-20)28(29,30)31/h2-8,15-16,23H,9-14,17-18H2,1H3/t23-/m0/s1. The molecule has 2 amide bonds. The maximum Gasteiger partial charge on any atom is 0.416 e. The molecule has 40 heavy (non-hydrogen) atoms. The van der Waals surface area contributed by atoms with Gasteiger partial charge >= 0.3 is 6.18 Å². The SMILES string of the molecule is Cc1ccsc1[C@@H]1CC(c2cccs2)=NN1C(=O)CN(CCN1CCOCC1)C(=O)c1ccc(C(F)(F)F)cc1. The van der Waals surface area contributed by atoms with Crippen LogP contribution in [0.15, 0.2) is 58.3 Å². The molecule has 0 saturated carbocycles. The quantitative estimate of drug-likeness (QED) is 0.358. The predicted octanol–water partition coefficient (Wildman–Crippen LogP) is 5.29. The van der Waals surface area contributed by atoms with E-state index in [4.69, 9.17) is 9.84 Å². The number of rotatable bonds is 8. The highest BCUT2D eigenvalue weighted by Crippen LogP contribution is 2.38. The molecule has 0 unspecified atom stereocenters. The van der Waals surface area contributed by atoms with Crippen LogP contribution in [0.3, 0.4) is 0 Å². The topological polar surface area (TPSA) is 65.5 Å². The number of carbonyl (C=O) groups is 2. The summed E-state index contributed by atoms with van der Waals surface area (Å²) in [6, 6.07) is 9.75. The van der Waals surface area contributed by atoms with Gasteiger partial charge in [0.25, 0.3) is 11.8 Å². The zero-order chi connectivity index (χ0) is 28.3. The number of alkyl halides is 3. The molecule has 1 aromatic carbocycles. The van der Waals surface area contributed by atoms with E-state index in [1.807, 2.05) is 35.9 Å². The lowest BCUT2D eigenvalue weighted by atomic mass is 10.1. The van der Waals surface area contributed by atoms with Crippen molar-refractivity contribution in [3.63, 3.8) is 0 Å². The minimum atomic E-state index is -4.50. The molecule has 4 heterocycles. The first-order chi connectivity index (χ1) is 19.2. The average molecular weight is 591 g/mol. The summed E-state index contributed by atoms with van der Waals surface area (Å²) in [6.45, 7) is 5.09. The molecule has 7 nitrogen and oxygen atoms in total. The van der Waals surface area contributed by atoms with Crippen LogP contribution in [-0.2, 0) is 15.7 Å². The van der Waals surface area contributed by atoms with Gasteiger partial charge in [-0.15, -0.1) is 22.7 Å². The molecule has 0 aliphatic carbocycles. The first kappa shape index (κ1) is 28.5. The van der Waals surface area contributed by atoms with Crippen LogP contribution in [0.5, 0.6) is 0 Å². The fourth-order valence-electron chi connectivity index (χ4n) is 4.82. The Morgan fingerprint density at radius 1 is 1.07 bits per heavy atom. The molecule has 0 bridgehead atoms. The molecule has 0 N–H and O–H groups in total. The molecular formula is C28H29F3N4O3S2. The molecule has 12 heteroatoms. The van der Waals surface area contributed by atoms with Gasteiger partial charge < -0.3 is 9.64 Å². The Bertz CT molecular complexity index is 1350. The largest absolute Gasteiger partial charge is 0.416 e. The molecule has 5 rings (SSSR count). The van der Waals surface area contributed by atoms with Crippen molar-refractivity contribution in [2.24, 2.45) is 5.10 Å². The second kappa shape index (κ2) is 12.2. The zero-order valence-electron chi connectivity index (χ0n) is 21.9. The molecule has 2 aromatic heterocycles. The van der Waals surface area contributed by atoms with Crippen LogP contribution in [0.2, 0.25) is 0 Å². The van der Waals surface area contributed by atoms with E-state index in [9.17, 15) is 22.8 Å². The maximum absolute atomic E-state index is 13.8. The second-order valence-electron chi connectivity index (χ2n) is 9.71. The molecular weight excluding hydrogens is 561 g/mol. The molecule has 0 spiro atoms. The highest BCUT2D eigenvalue weighted by molar-refractivity contribution is 7.12. The summed E-state index contributed by atoms with van der Waals surface area (Å²) in [7, 11) is 0. The van der Waals surface area contributed by atoms with Gasteiger partial charge in [0.1, 0.15) is 6.54 Å². The number of benzene rings is 1. The molecule has 1 atom stereocenters. The first-order valence-corrected chi connectivity index (χ1v) is 14.7. The Balaban J connectivity index is 1.39. The first-order valence-electron chi connectivity index (χ1n) is 12.9. The van der Waals surface area contributed by atoms with Gasteiger partial charge in [0.05, 0.1) is 35.4 Å². The Morgan fingerprint density at radius 2 is 1.82 bits per heavy atom. The van der Waals surface area contributed by atoms with Crippen molar-refractivity contribution in [2.75, 3.05) is 45.9 Å². The van der Waals surface area contributed by atoms with Gasteiger partial charge in [-0.05, 0) is 59.6 Å². The van der Waals surface area contributed by atoms with Gasteiger partial charge in [-0.3, -0.25) is 14.5 Å². The summed E-state index contributed by atoms with van der Waals surface area (Å²) >= 11 is 3.12. The van der Waals surface area contributed by atoms with E-state index in [-0.39, 0.29) is 30.6 Å². The molecule has 1 saturated heterocycles. The van der Waals surface area contributed by atoms with E-state index in [0.29, 0.717) is 39.3 Å². The van der Waals surface area contributed by atoms with Gasteiger partial charge in [0, 0.05) is 43.0 Å². The van der Waals surface area contributed by atoms with Crippen LogP contribution < -0.4 is 0 Å². The van der Waals surface area contributed by atoms with Crippen molar-refractivity contribution in [3.05, 3.63) is 79.7 Å². The van der Waals surface area contributed by atoms with Crippen molar-refractivity contribution >= 4 is 40.2 Å². The summed E-state index contributed by atoms with van der Waals surface area (Å²) in [5.74, 6) is -0.840. The number of hydrazone groups is 1. The lowest BCUT2D eigenvalue weighted by Gasteiger charge is -2.31. The van der Waals surface area contributed by atoms with Gasteiger partial charge in [0.2, 0.25) is 0 Å². The van der Waals surface area contributed by atoms with E-state index in [0.717, 1.165) is 45.3 Å². The van der Waals surface area contributed by atoms with Crippen molar-refractivity contribution in [1.29, 1.82) is 0 Å². The van der Waals surface area contributed by atoms with Crippen molar-refractivity contribution in [2.45, 2.75) is 25.6 Å². The Morgan fingerprint density at radius 3 is 2.45 bits per heavy atom. The monoisotopic (exact) mass is 590 g/mol. The number of carbonyl (C=O) groups excluding carboxylic acids is 2. The number of nitrogens with zero attached hydrogens (tertiary/aromatic N) is 4. The third-order valence-electron chi connectivity index (χ3n) is 7.04. The lowest BCUT2D eigenvalue weighted by Crippen LogP contribution is -2.46. The Kier molecular flexibility index (Phi) is 8.69. The lowest BCUT2D eigenvalue weighted by molar-refractivity contribution is -0.137. The van der Waals surface area contributed by atoms with Crippen molar-refractivity contribution in [1.82, 2.24) is 14.8 Å². The highest BCUT2D eigenvalue weighted by Gasteiger charge is 2.36. The molecule has 1 fully saturated rings. The summed E-state index contributed by atoms with van der Waals surface area (Å²) in [6.07, 6.45) is -3.94. The summed E-state index contributed by atoms with van der Waals surface area (Å²) in [5.41, 5.74) is 1.15. The summed E-state index contributed by atoms with van der Waals surface area (Å²) in [5, 5.41) is 10.1. The molecule has 3 aromatic rings. The van der Waals surface area contributed by atoms with Gasteiger partial charge in [-0.25, -0.2) is 5.01 Å². The number of halogens is 3. The smallest absolute Gasteiger partial charge is 0.379 e. The summed E-state index contributed by atoms with van der Waals surface area (Å²) in [4.78, 5) is 32.9. The summed E-state index contributed by atoms with van der Waals surface area (Å²) < 4.78 is 44.7. The van der Waals surface area contributed by atoms with Gasteiger partial charge in [-0.1, -0.05) is 6.07 Å². The molecule has 0 radical (unpaired) electrons. The fraction of sp³-hybridized carbons (Fsp3) is 0.393. The highest BCUT2D eigenvalue weighted by atomic mass is 32.1. The van der Waals surface area contributed by atoms with Crippen LogP contribution in [0.25, 0.3) is 0 Å². The zero-order valence-corrected chi connectivity index (χ0v) is 23.5. The van der Waals surface area contributed by atoms with E-state index >= 15 is 0 Å². The molecule has 2 aliphatic heterocycles. The minimum Gasteiger partial charge on any atom is -0.379 e. The number of ether oxygens (including phenoxy) is 1. The molecule has 2 aliphatic rings. The Hall–Kier alpha value is -3.06. The number of thiophene rings is 2. The van der Waals surface area contributed by atoms with Gasteiger partial charge in [0.15, 0.2) is 0 Å². The Labute approximate surface area is 238 Å². The predicted molar refractivity (Wildman–Crippen MR) is 149 cm³/mol. The average Bonchev–Trinajstić information content (AvgIpc) is 3.71. The van der Waals surface area contributed by atoms with Crippen LogP contribution in [0.1, 0.15) is 43.7 Å². The number of hydrogen-bond donors (Lipinski definition) is 0. The van der Waals surface area contributed by atoms with Crippen LogP contribution in [-0.4, -0.2) is 78.3 Å². The molecule has 212 valence electrons. The second-order valence-corrected chi connectivity index (χ2v) is 11.6. The normalized spacial score (nSPS) is 18.1. The minimum absolute atomic E-state index is 0.0950. The number of hydrogen-bond acceptors (Lipinski definition) is 7. The number of amides is 2. The number of morpholine rings is 1. The van der Waals surface area contributed by atoms with Gasteiger partial charge in [-0.2, -0.15) is 18.3 Å². The third-order valence-corrected chi connectivity index (χ3v) is 9.08. The van der Waals surface area contributed by atoms with Crippen molar-refractivity contribution in [3.8, 4) is 0 Å². The van der Waals surface area contributed by atoms with E-state index in [1.54, 1.807) is 22.7 Å². The number of aryl methyl sites for hydroxylation is 1.